The largest absolute Gasteiger partial charge is 0.493 e. The number of aryl methyl sites for hydroxylation is 2. The number of hydrogen-bond donors (Lipinski definition) is 0. The first-order chi connectivity index (χ1) is 19.2. The molecule has 0 aromatic heterocycles. The summed E-state index contributed by atoms with van der Waals surface area (Å²) in [6.07, 6.45) is 2.71. The fraction of sp³-hybridized carbons (Fsp3) is 0.267. The molecule has 0 heterocycles. The van der Waals surface area contributed by atoms with Crippen molar-refractivity contribution in [3.05, 3.63) is 91.1 Å². The Labute approximate surface area is 232 Å². The minimum absolute atomic E-state index is 0.109. The van der Waals surface area contributed by atoms with Crippen LogP contribution in [0.1, 0.15) is 27.9 Å². The van der Waals surface area contributed by atoms with E-state index in [1.165, 1.54) is 6.07 Å². The van der Waals surface area contributed by atoms with Crippen LogP contribution in [0, 0.1) is 13.8 Å². The summed E-state index contributed by atoms with van der Waals surface area (Å²) in [7, 11) is 0. The molecule has 0 aliphatic rings. The molecule has 0 bridgehead atoms. The number of rotatable bonds is 16. The maximum atomic E-state index is 12.7. The van der Waals surface area contributed by atoms with E-state index < -0.39 is 30.0 Å². The third-order valence-corrected chi connectivity index (χ3v) is 5.18. The molecule has 212 valence electrons. The number of hydrogen-bond acceptors (Lipinski definition) is 10. The number of carbonyl (C=O) groups excluding carboxylic acids is 4. The van der Waals surface area contributed by atoms with Gasteiger partial charge < -0.3 is 28.4 Å². The zero-order chi connectivity index (χ0) is 29.5. The molecule has 10 nitrogen and oxygen atoms in total. The second kappa shape index (κ2) is 16.2. The molecule has 0 saturated carbocycles. The first-order valence-corrected chi connectivity index (χ1v) is 12.3. The molecule has 2 aromatic rings. The van der Waals surface area contributed by atoms with Gasteiger partial charge in [0.1, 0.15) is 30.5 Å². The van der Waals surface area contributed by atoms with Crippen molar-refractivity contribution in [2.24, 2.45) is 0 Å². The average molecular weight is 553 g/mol. The fourth-order valence-corrected chi connectivity index (χ4v) is 3.17. The Balaban J connectivity index is 1.94. The first-order valence-electron chi connectivity index (χ1n) is 12.3. The van der Waals surface area contributed by atoms with E-state index in [1.807, 2.05) is 6.92 Å². The van der Waals surface area contributed by atoms with E-state index in [1.54, 1.807) is 37.3 Å². The van der Waals surface area contributed by atoms with Crippen molar-refractivity contribution in [2.45, 2.75) is 26.4 Å². The summed E-state index contributed by atoms with van der Waals surface area (Å²) < 4.78 is 31.9. The van der Waals surface area contributed by atoms with Crippen molar-refractivity contribution < 1.29 is 47.6 Å². The number of benzene rings is 2. The molecule has 0 radical (unpaired) electrons. The maximum Gasteiger partial charge on any atom is 0.343 e. The van der Waals surface area contributed by atoms with Crippen LogP contribution in [0.3, 0.4) is 0 Å². The smallest absolute Gasteiger partial charge is 0.343 e. The molecule has 0 aliphatic carbocycles. The molecule has 10 heteroatoms. The number of esters is 4. The van der Waals surface area contributed by atoms with Crippen molar-refractivity contribution in [3.8, 4) is 17.2 Å². The molecule has 0 aliphatic heterocycles. The van der Waals surface area contributed by atoms with Gasteiger partial charge in [-0.2, -0.15) is 0 Å². The highest BCUT2D eigenvalue weighted by Gasteiger charge is 2.18. The van der Waals surface area contributed by atoms with Crippen LogP contribution in [-0.2, 0) is 28.6 Å². The van der Waals surface area contributed by atoms with Crippen LogP contribution in [0.15, 0.2) is 74.4 Å². The van der Waals surface area contributed by atoms with Crippen molar-refractivity contribution in [2.75, 3.05) is 26.4 Å². The van der Waals surface area contributed by atoms with E-state index in [9.17, 15) is 19.2 Å². The Hall–Kier alpha value is -4.86. The standard InChI is InChI=1S/C30H32O10/c1-6-27(31)36-15-9-14-35-25-13-11-23(17-21(25)5)40-30(34)22-10-12-26(20(4)16-22)37-18-24(39-29(33)8-3)19-38-28(32)7-2/h6-8,10-13,16-17,24H,1-3,9,14-15,18-19H2,4-5H3. The van der Waals surface area contributed by atoms with Gasteiger partial charge >= 0.3 is 23.9 Å². The van der Waals surface area contributed by atoms with Gasteiger partial charge in [-0.25, -0.2) is 19.2 Å². The molecule has 0 saturated heterocycles. The van der Waals surface area contributed by atoms with E-state index in [0.717, 1.165) is 23.8 Å². The molecule has 1 atom stereocenters. The van der Waals surface area contributed by atoms with E-state index in [-0.39, 0.29) is 19.8 Å². The second-order valence-corrected chi connectivity index (χ2v) is 8.28. The van der Waals surface area contributed by atoms with Crippen LogP contribution in [0.4, 0.5) is 0 Å². The Bertz CT molecular complexity index is 1250. The lowest BCUT2D eigenvalue weighted by Gasteiger charge is -2.18. The van der Waals surface area contributed by atoms with Gasteiger partial charge in [0.25, 0.3) is 0 Å². The molecule has 0 fully saturated rings. The Morgan fingerprint density at radius 3 is 2.02 bits per heavy atom. The summed E-state index contributed by atoms with van der Waals surface area (Å²) >= 11 is 0. The highest BCUT2D eigenvalue weighted by molar-refractivity contribution is 5.91. The van der Waals surface area contributed by atoms with Gasteiger partial charge in [-0.15, -0.1) is 0 Å². The fourth-order valence-electron chi connectivity index (χ4n) is 3.17. The number of ether oxygens (including phenoxy) is 6. The lowest BCUT2D eigenvalue weighted by molar-refractivity contribution is -0.154. The van der Waals surface area contributed by atoms with E-state index in [2.05, 4.69) is 19.7 Å². The Morgan fingerprint density at radius 1 is 0.750 bits per heavy atom. The summed E-state index contributed by atoms with van der Waals surface area (Å²) in [4.78, 5) is 46.7. The molecule has 2 rings (SSSR count). The highest BCUT2D eigenvalue weighted by Crippen LogP contribution is 2.25. The van der Waals surface area contributed by atoms with Gasteiger partial charge in [0.05, 0.1) is 18.8 Å². The summed E-state index contributed by atoms with van der Waals surface area (Å²) in [5, 5.41) is 0. The zero-order valence-electron chi connectivity index (χ0n) is 22.5. The van der Waals surface area contributed by atoms with Gasteiger partial charge in [0, 0.05) is 24.6 Å². The van der Waals surface area contributed by atoms with Crippen LogP contribution in [0.2, 0.25) is 0 Å². The van der Waals surface area contributed by atoms with Gasteiger partial charge in [0.2, 0.25) is 0 Å². The summed E-state index contributed by atoms with van der Waals surface area (Å²) in [5.41, 5.74) is 1.69. The van der Waals surface area contributed by atoms with Crippen molar-refractivity contribution in [1.29, 1.82) is 0 Å². The van der Waals surface area contributed by atoms with Crippen molar-refractivity contribution in [1.82, 2.24) is 0 Å². The maximum absolute atomic E-state index is 12.7. The normalized spacial score (nSPS) is 10.8. The van der Waals surface area contributed by atoms with Gasteiger partial charge in [0.15, 0.2) is 6.10 Å². The van der Waals surface area contributed by atoms with Crippen LogP contribution in [0.5, 0.6) is 17.2 Å². The topological polar surface area (TPSA) is 124 Å². The van der Waals surface area contributed by atoms with Crippen LogP contribution in [-0.4, -0.2) is 56.4 Å². The lowest BCUT2D eigenvalue weighted by atomic mass is 10.1. The van der Waals surface area contributed by atoms with Crippen LogP contribution < -0.4 is 14.2 Å². The minimum atomic E-state index is -0.886. The summed E-state index contributed by atoms with van der Waals surface area (Å²) in [6.45, 7) is 13.8. The van der Waals surface area contributed by atoms with Crippen LogP contribution in [0.25, 0.3) is 0 Å². The highest BCUT2D eigenvalue weighted by atomic mass is 16.6. The predicted molar refractivity (Wildman–Crippen MR) is 145 cm³/mol. The summed E-state index contributed by atoms with van der Waals surface area (Å²) in [6, 6.07) is 9.71. The minimum Gasteiger partial charge on any atom is -0.493 e. The Kier molecular flexibility index (Phi) is 12.7. The third-order valence-electron chi connectivity index (χ3n) is 5.18. The van der Waals surface area contributed by atoms with E-state index >= 15 is 0 Å². The average Bonchev–Trinajstić information content (AvgIpc) is 2.95. The van der Waals surface area contributed by atoms with Gasteiger partial charge in [-0.3, -0.25) is 0 Å². The lowest BCUT2D eigenvalue weighted by Crippen LogP contribution is -2.30. The zero-order valence-corrected chi connectivity index (χ0v) is 22.5. The van der Waals surface area contributed by atoms with Crippen molar-refractivity contribution >= 4 is 23.9 Å². The molecular formula is C30H32O10. The molecule has 40 heavy (non-hydrogen) atoms. The van der Waals surface area contributed by atoms with Crippen LogP contribution >= 0.6 is 0 Å². The van der Waals surface area contributed by atoms with Gasteiger partial charge in [-0.05, 0) is 61.4 Å². The molecule has 2 aromatic carbocycles. The molecule has 0 amide bonds. The predicted octanol–water partition coefficient (Wildman–Crippen LogP) is 4.23. The first kappa shape index (κ1) is 31.4. The van der Waals surface area contributed by atoms with E-state index in [4.69, 9.17) is 28.4 Å². The number of carbonyl (C=O) groups is 4. The molecular weight excluding hydrogens is 520 g/mol. The molecule has 1 unspecified atom stereocenters. The molecule has 0 N–H and O–H groups in total. The summed E-state index contributed by atoms with van der Waals surface area (Å²) in [5.74, 6) is -1.02. The van der Waals surface area contributed by atoms with Crippen molar-refractivity contribution in [3.63, 3.8) is 0 Å². The Morgan fingerprint density at radius 2 is 1.38 bits per heavy atom. The van der Waals surface area contributed by atoms with Gasteiger partial charge in [-0.1, -0.05) is 19.7 Å². The second-order valence-electron chi connectivity index (χ2n) is 8.28. The van der Waals surface area contributed by atoms with E-state index in [0.29, 0.717) is 41.4 Å². The third kappa shape index (κ3) is 10.5. The molecule has 0 spiro atoms. The SMILES string of the molecule is C=CC(=O)OCCCOc1ccc(OC(=O)c2ccc(OCC(COC(=O)C=C)OC(=O)C=C)c(C)c2)cc1C. The quantitative estimate of drug-likeness (QED) is 0.0983. The monoisotopic (exact) mass is 552 g/mol.